The van der Waals surface area contributed by atoms with Gasteiger partial charge in [0.2, 0.25) is 0 Å². The third kappa shape index (κ3) is 2.22. The van der Waals surface area contributed by atoms with Crippen molar-refractivity contribution in [3.8, 4) is 0 Å². The van der Waals surface area contributed by atoms with E-state index >= 15 is 0 Å². The molecule has 2 rings (SSSR count). The zero-order chi connectivity index (χ0) is 13.3. The number of hydrogen-bond acceptors (Lipinski definition) is 3. The normalized spacial score (nSPS) is 18.1. The molecule has 1 aromatic rings. The molecule has 1 fully saturated rings. The van der Waals surface area contributed by atoms with Gasteiger partial charge in [0.05, 0.1) is 6.54 Å². The lowest BCUT2D eigenvalue weighted by Gasteiger charge is -2.16. The third-order valence-corrected chi connectivity index (χ3v) is 3.01. The van der Waals surface area contributed by atoms with Crippen LogP contribution in [0.1, 0.15) is 25.0 Å². The van der Waals surface area contributed by atoms with Crippen molar-refractivity contribution in [1.82, 2.24) is 10.2 Å². The van der Waals surface area contributed by atoms with Crippen LogP contribution in [0.15, 0.2) is 24.3 Å². The SMILES string of the molecule is CC1(C)NC(=O)N(Cc2cccc(CN)c2)C1=O. The highest BCUT2D eigenvalue weighted by atomic mass is 16.2. The number of nitrogens with two attached hydrogens (primary N) is 1. The number of nitrogens with zero attached hydrogens (tertiary/aromatic N) is 1. The van der Waals surface area contributed by atoms with E-state index in [1.54, 1.807) is 13.8 Å². The molecule has 0 aliphatic carbocycles. The molecule has 1 saturated heterocycles. The zero-order valence-corrected chi connectivity index (χ0v) is 10.6. The van der Waals surface area contributed by atoms with Gasteiger partial charge in [-0.05, 0) is 25.0 Å². The molecule has 0 spiro atoms. The molecule has 18 heavy (non-hydrogen) atoms. The molecule has 0 atom stereocenters. The van der Waals surface area contributed by atoms with Crippen molar-refractivity contribution < 1.29 is 9.59 Å². The fourth-order valence-electron chi connectivity index (χ4n) is 2.00. The fraction of sp³-hybridized carbons (Fsp3) is 0.385. The standard InChI is InChI=1S/C13H17N3O2/c1-13(2)11(17)16(12(18)15-13)8-10-5-3-4-9(6-10)7-14/h3-6H,7-8,14H2,1-2H3,(H,15,18). The second-order valence-corrected chi connectivity index (χ2v) is 4.97. The molecule has 1 heterocycles. The molecular formula is C13H17N3O2. The van der Waals surface area contributed by atoms with Gasteiger partial charge < -0.3 is 11.1 Å². The van der Waals surface area contributed by atoms with Crippen molar-refractivity contribution in [1.29, 1.82) is 0 Å². The van der Waals surface area contributed by atoms with E-state index in [4.69, 9.17) is 5.73 Å². The lowest BCUT2D eigenvalue weighted by molar-refractivity contribution is -0.130. The van der Waals surface area contributed by atoms with E-state index in [1.165, 1.54) is 4.90 Å². The molecule has 1 aromatic carbocycles. The van der Waals surface area contributed by atoms with Crippen LogP contribution in [-0.2, 0) is 17.9 Å². The van der Waals surface area contributed by atoms with Gasteiger partial charge in [-0.25, -0.2) is 4.79 Å². The Morgan fingerprint density at radius 1 is 1.28 bits per heavy atom. The second kappa shape index (κ2) is 4.42. The predicted molar refractivity (Wildman–Crippen MR) is 67.5 cm³/mol. The molecule has 3 amide bonds. The van der Waals surface area contributed by atoms with Gasteiger partial charge in [-0.3, -0.25) is 9.69 Å². The summed E-state index contributed by atoms with van der Waals surface area (Å²) in [4.78, 5) is 25.0. The Labute approximate surface area is 106 Å². The van der Waals surface area contributed by atoms with Gasteiger partial charge >= 0.3 is 6.03 Å². The Kier molecular flexibility index (Phi) is 3.09. The van der Waals surface area contributed by atoms with E-state index in [9.17, 15) is 9.59 Å². The molecule has 3 N–H and O–H groups in total. The summed E-state index contributed by atoms with van der Waals surface area (Å²) < 4.78 is 0. The average molecular weight is 247 g/mol. The molecule has 5 heteroatoms. The minimum atomic E-state index is -0.817. The molecule has 96 valence electrons. The minimum Gasteiger partial charge on any atom is -0.326 e. The van der Waals surface area contributed by atoms with Crippen LogP contribution in [0.3, 0.4) is 0 Å². The summed E-state index contributed by atoms with van der Waals surface area (Å²) >= 11 is 0. The van der Waals surface area contributed by atoms with Crippen LogP contribution in [0.4, 0.5) is 4.79 Å². The van der Waals surface area contributed by atoms with Gasteiger partial charge in [0, 0.05) is 6.54 Å². The minimum absolute atomic E-state index is 0.203. The monoisotopic (exact) mass is 247 g/mol. The topological polar surface area (TPSA) is 75.4 Å². The first-order valence-corrected chi connectivity index (χ1v) is 5.86. The fourth-order valence-corrected chi connectivity index (χ4v) is 2.00. The molecule has 0 saturated carbocycles. The summed E-state index contributed by atoms with van der Waals surface area (Å²) in [6.07, 6.45) is 0. The van der Waals surface area contributed by atoms with Crippen LogP contribution >= 0.6 is 0 Å². The number of benzene rings is 1. The zero-order valence-electron chi connectivity index (χ0n) is 10.6. The van der Waals surface area contributed by atoms with Crippen molar-refractivity contribution >= 4 is 11.9 Å². The van der Waals surface area contributed by atoms with Crippen LogP contribution in [0.2, 0.25) is 0 Å². The second-order valence-electron chi connectivity index (χ2n) is 4.97. The number of carbonyl (C=O) groups excluding carboxylic acids is 2. The molecular weight excluding hydrogens is 230 g/mol. The Morgan fingerprint density at radius 3 is 2.50 bits per heavy atom. The molecule has 1 aliphatic rings. The number of carbonyl (C=O) groups is 2. The van der Waals surface area contributed by atoms with Crippen LogP contribution in [-0.4, -0.2) is 22.4 Å². The molecule has 0 aromatic heterocycles. The van der Waals surface area contributed by atoms with Crippen LogP contribution in [0.25, 0.3) is 0 Å². The van der Waals surface area contributed by atoms with Crippen LogP contribution in [0.5, 0.6) is 0 Å². The van der Waals surface area contributed by atoms with Crippen molar-refractivity contribution in [2.45, 2.75) is 32.5 Å². The molecule has 1 aliphatic heterocycles. The summed E-state index contributed by atoms with van der Waals surface area (Å²) in [5, 5.41) is 2.65. The largest absolute Gasteiger partial charge is 0.326 e. The number of rotatable bonds is 3. The summed E-state index contributed by atoms with van der Waals surface area (Å²) in [6, 6.07) is 7.24. The Morgan fingerprint density at radius 2 is 1.94 bits per heavy atom. The van der Waals surface area contributed by atoms with E-state index in [2.05, 4.69) is 5.32 Å². The predicted octanol–water partition coefficient (Wildman–Crippen LogP) is 0.976. The van der Waals surface area contributed by atoms with Crippen LogP contribution in [0, 0.1) is 0 Å². The van der Waals surface area contributed by atoms with Gasteiger partial charge in [-0.1, -0.05) is 24.3 Å². The number of urea groups is 1. The first kappa shape index (κ1) is 12.6. The molecule has 0 bridgehead atoms. The van der Waals surface area contributed by atoms with E-state index in [1.807, 2.05) is 24.3 Å². The molecule has 5 nitrogen and oxygen atoms in total. The Bertz CT molecular complexity index is 497. The van der Waals surface area contributed by atoms with E-state index < -0.39 is 5.54 Å². The highest BCUT2D eigenvalue weighted by Crippen LogP contribution is 2.19. The number of amides is 3. The summed E-state index contributed by atoms with van der Waals surface area (Å²) in [7, 11) is 0. The van der Waals surface area contributed by atoms with Crippen molar-refractivity contribution in [2.24, 2.45) is 5.73 Å². The van der Waals surface area contributed by atoms with Gasteiger partial charge in [0.25, 0.3) is 5.91 Å². The number of nitrogens with one attached hydrogen (secondary N) is 1. The Balaban J connectivity index is 2.19. The average Bonchev–Trinajstić information content (AvgIpc) is 2.52. The third-order valence-electron chi connectivity index (χ3n) is 3.01. The first-order chi connectivity index (χ1) is 8.44. The van der Waals surface area contributed by atoms with Gasteiger partial charge in [-0.2, -0.15) is 0 Å². The van der Waals surface area contributed by atoms with Gasteiger partial charge in [0.15, 0.2) is 0 Å². The van der Waals surface area contributed by atoms with Crippen molar-refractivity contribution in [3.05, 3.63) is 35.4 Å². The smallest absolute Gasteiger partial charge is 0.325 e. The molecule has 0 radical (unpaired) electrons. The highest BCUT2D eigenvalue weighted by Gasteiger charge is 2.43. The lowest BCUT2D eigenvalue weighted by atomic mass is 10.1. The van der Waals surface area contributed by atoms with Gasteiger partial charge in [0.1, 0.15) is 5.54 Å². The maximum atomic E-state index is 12.0. The number of imide groups is 1. The van der Waals surface area contributed by atoms with Crippen molar-refractivity contribution in [3.63, 3.8) is 0 Å². The van der Waals surface area contributed by atoms with Crippen LogP contribution < -0.4 is 11.1 Å². The maximum Gasteiger partial charge on any atom is 0.325 e. The van der Waals surface area contributed by atoms with Crippen molar-refractivity contribution in [2.75, 3.05) is 0 Å². The first-order valence-electron chi connectivity index (χ1n) is 5.86. The quantitative estimate of drug-likeness (QED) is 0.782. The summed E-state index contributed by atoms with van der Waals surface area (Å²) in [5.41, 5.74) is 6.63. The Hall–Kier alpha value is -1.88. The molecule has 0 unspecified atom stereocenters. The maximum absolute atomic E-state index is 12.0. The number of hydrogen-bond donors (Lipinski definition) is 2. The highest BCUT2D eigenvalue weighted by molar-refractivity contribution is 6.06. The summed E-state index contributed by atoms with van der Waals surface area (Å²) in [6.45, 7) is 4.12. The lowest BCUT2D eigenvalue weighted by Crippen LogP contribution is -2.40. The van der Waals surface area contributed by atoms with E-state index in [0.717, 1.165) is 11.1 Å². The van der Waals surface area contributed by atoms with E-state index in [-0.39, 0.29) is 18.5 Å². The van der Waals surface area contributed by atoms with E-state index in [0.29, 0.717) is 6.54 Å². The van der Waals surface area contributed by atoms with Gasteiger partial charge in [-0.15, -0.1) is 0 Å². The summed E-state index contributed by atoms with van der Waals surface area (Å²) in [5.74, 6) is -0.203.